The van der Waals surface area contributed by atoms with Crippen molar-refractivity contribution in [1.82, 2.24) is 0 Å². The SMILES string of the molecule is CC(=O)c1c(O)ccc(C)c1C#N. The number of phenols is 1. The van der Waals surface area contributed by atoms with Crippen LogP contribution in [-0.2, 0) is 0 Å². The van der Waals surface area contributed by atoms with Crippen molar-refractivity contribution in [2.45, 2.75) is 13.8 Å². The molecule has 1 N–H and O–H groups in total. The van der Waals surface area contributed by atoms with E-state index in [1.165, 1.54) is 13.0 Å². The number of phenolic OH excluding ortho intramolecular Hbond substituents is 1. The summed E-state index contributed by atoms with van der Waals surface area (Å²) in [4.78, 5) is 11.1. The molecule has 0 aliphatic carbocycles. The van der Waals surface area contributed by atoms with E-state index in [1.807, 2.05) is 6.07 Å². The predicted molar refractivity (Wildman–Crippen MR) is 47.6 cm³/mol. The van der Waals surface area contributed by atoms with E-state index in [0.717, 1.165) is 0 Å². The topological polar surface area (TPSA) is 61.1 Å². The first-order chi connectivity index (χ1) is 6.07. The average molecular weight is 175 g/mol. The molecule has 0 aliphatic heterocycles. The van der Waals surface area contributed by atoms with Gasteiger partial charge in [-0.3, -0.25) is 4.79 Å². The van der Waals surface area contributed by atoms with Crippen LogP contribution in [-0.4, -0.2) is 10.9 Å². The number of carbonyl (C=O) groups excluding carboxylic acids is 1. The number of nitrogens with zero attached hydrogens (tertiary/aromatic N) is 1. The molecule has 0 bridgehead atoms. The van der Waals surface area contributed by atoms with E-state index in [1.54, 1.807) is 13.0 Å². The van der Waals surface area contributed by atoms with Crippen molar-refractivity contribution in [2.24, 2.45) is 0 Å². The Morgan fingerprint density at radius 3 is 2.54 bits per heavy atom. The van der Waals surface area contributed by atoms with Crippen LogP contribution in [0, 0.1) is 18.3 Å². The molecule has 13 heavy (non-hydrogen) atoms. The fraction of sp³-hybridized carbons (Fsp3) is 0.200. The van der Waals surface area contributed by atoms with Gasteiger partial charge in [-0.25, -0.2) is 0 Å². The molecular formula is C10H9NO2. The second kappa shape index (κ2) is 3.28. The van der Waals surface area contributed by atoms with Crippen LogP contribution in [0.1, 0.15) is 28.4 Å². The molecule has 0 aliphatic rings. The van der Waals surface area contributed by atoms with E-state index in [4.69, 9.17) is 5.26 Å². The van der Waals surface area contributed by atoms with Crippen molar-refractivity contribution in [1.29, 1.82) is 5.26 Å². The fourth-order valence-corrected chi connectivity index (χ4v) is 1.20. The summed E-state index contributed by atoms with van der Waals surface area (Å²) < 4.78 is 0. The van der Waals surface area contributed by atoms with Gasteiger partial charge >= 0.3 is 0 Å². The zero-order chi connectivity index (χ0) is 10.0. The first-order valence-corrected chi connectivity index (χ1v) is 3.81. The van der Waals surface area contributed by atoms with Crippen LogP contribution in [0.4, 0.5) is 0 Å². The summed E-state index contributed by atoms with van der Waals surface area (Å²) >= 11 is 0. The third-order valence-corrected chi connectivity index (χ3v) is 1.86. The number of ketones is 1. The lowest BCUT2D eigenvalue weighted by Crippen LogP contribution is -1.99. The summed E-state index contributed by atoms with van der Waals surface area (Å²) in [5, 5.41) is 18.1. The van der Waals surface area contributed by atoms with E-state index in [0.29, 0.717) is 5.56 Å². The van der Waals surface area contributed by atoms with Crippen LogP contribution in [0.3, 0.4) is 0 Å². The minimum Gasteiger partial charge on any atom is -0.507 e. The second-order valence-corrected chi connectivity index (χ2v) is 2.82. The summed E-state index contributed by atoms with van der Waals surface area (Å²) in [6, 6.07) is 4.94. The first kappa shape index (κ1) is 9.27. The molecular weight excluding hydrogens is 166 g/mol. The van der Waals surface area contributed by atoms with Gasteiger partial charge in [-0.1, -0.05) is 6.07 Å². The average Bonchev–Trinajstić information content (AvgIpc) is 2.07. The molecule has 0 saturated carbocycles. The molecule has 3 nitrogen and oxygen atoms in total. The van der Waals surface area contributed by atoms with Crippen LogP contribution in [0.25, 0.3) is 0 Å². The highest BCUT2D eigenvalue weighted by molar-refractivity contribution is 5.99. The van der Waals surface area contributed by atoms with E-state index in [9.17, 15) is 9.90 Å². The van der Waals surface area contributed by atoms with E-state index < -0.39 is 0 Å². The minimum absolute atomic E-state index is 0.113. The summed E-state index contributed by atoms with van der Waals surface area (Å²) in [5.41, 5.74) is 1.07. The Hall–Kier alpha value is -1.82. The summed E-state index contributed by atoms with van der Waals surface area (Å²) in [5.74, 6) is -0.424. The van der Waals surface area contributed by atoms with Gasteiger partial charge in [0, 0.05) is 0 Å². The van der Waals surface area contributed by atoms with Gasteiger partial charge in [0.15, 0.2) is 5.78 Å². The molecule has 0 fully saturated rings. The fourth-order valence-electron chi connectivity index (χ4n) is 1.20. The number of aromatic hydroxyl groups is 1. The monoisotopic (exact) mass is 175 g/mol. The van der Waals surface area contributed by atoms with Crippen LogP contribution in [0.15, 0.2) is 12.1 Å². The Kier molecular flexibility index (Phi) is 2.34. The maximum Gasteiger partial charge on any atom is 0.164 e. The largest absolute Gasteiger partial charge is 0.507 e. The lowest BCUT2D eigenvalue weighted by Gasteiger charge is -2.04. The van der Waals surface area contributed by atoms with Gasteiger partial charge in [-0.15, -0.1) is 0 Å². The molecule has 0 spiro atoms. The molecule has 0 heterocycles. The Labute approximate surface area is 76.2 Å². The predicted octanol–water partition coefficient (Wildman–Crippen LogP) is 1.77. The molecule has 1 aromatic rings. The van der Waals surface area contributed by atoms with Crippen molar-refractivity contribution in [3.8, 4) is 11.8 Å². The third-order valence-electron chi connectivity index (χ3n) is 1.86. The molecule has 0 amide bonds. The van der Waals surface area contributed by atoms with Crippen molar-refractivity contribution < 1.29 is 9.90 Å². The first-order valence-electron chi connectivity index (χ1n) is 3.81. The van der Waals surface area contributed by atoms with Gasteiger partial charge in [0.1, 0.15) is 11.8 Å². The molecule has 66 valence electrons. The normalized spacial score (nSPS) is 9.31. The molecule has 0 radical (unpaired) electrons. The number of nitriles is 1. The zero-order valence-electron chi connectivity index (χ0n) is 7.46. The Balaban J connectivity index is 3.55. The number of hydrogen-bond donors (Lipinski definition) is 1. The maximum atomic E-state index is 11.1. The number of Topliss-reactive ketones (excluding diaryl/α,β-unsaturated/α-hetero) is 1. The number of hydrogen-bond acceptors (Lipinski definition) is 3. The zero-order valence-corrected chi connectivity index (χ0v) is 7.46. The lowest BCUT2D eigenvalue weighted by atomic mass is 9.99. The van der Waals surface area contributed by atoms with Gasteiger partial charge in [0.05, 0.1) is 11.1 Å². The summed E-state index contributed by atoms with van der Waals surface area (Å²) in [7, 11) is 0. The van der Waals surface area contributed by atoms with Crippen LogP contribution in [0.5, 0.6) is 5.75 Å². The second-order valence-electron chi connectivity index (χ2n) is 2.82. The minimum atomic E-state index is -0.294. The van der Waals surface area contributed by atoms with Crippen molar-refractivity contribution in [2.75, 3.05) is 0 Å². The third kappa shape index (κ3) is 1.52. The number of aryl methyl sites for hydroxylation is 1. The quantitative estimate of drug-likeness (QED) is 0.661. The highest BCUT2D eigenvalue weighted by Crippen LogP contribution is 2.23. The summed E-state index contributed by atoms with van der Waals surface area (Å²) in [6.07, 6.45) is 0. The van der Waals surface area contributed by atoms with Crippen molar-refractivity contribution in [3.05, 3.63) is 28.8 Å². The van der Waals surface area contributed by atoms with Gasteiger partial charge in [-0.05, 0) is 25.5 Å². The molecule has 1 aromatic carbocycles. The number of carbonyl (C=O) groups is 1. The lowest BCUT2D eigenvalue weighted by molar-refractivity contribution is 0.101. The van der Waals surface area contributed by atoms with Gasteiger partial charge in [-0.2, -0.15) is 5.26 Å². The number of benzene rings is 1. The van der Waals surface area contributed by atoms with E-state index in [2.05, 4.69) is 0 Å². The maximum absolute atomic E-state index is 11.1. The Morgan fingerprint density at radius 2 is 2.15 bits per heavy atom. The van der Waals surface area contributed by atoms with Crippen LogP contribution in [0.2, 0.25) is 0 Å². The Bertz CT molecular complexity index is 402. The standard InChI is InChI=1S/C10H9NO2/c1-6-3-4-9(13)10(7(2)12)8(6)5-11/h3-4,13H,1-2H3. The molecule has 0 aromatic heterocycles. The van der Waals surface area contributed by atoms with Gasteiger partial charge in [0.25, 0.3) is 0 Å². The molecule has 0 atom stereocenters. The smallest absolute Gasteiger partial charge is 0.164 e. The van der Waals surface area contributed by atoms with E-state index >= 15 is 0 Å². The van der Waals surface area contributed by atoms with Crippen LogP contribution < -0.4 is 0 Å². The molecule has 0 saturated heterocycles. The molecule has 3 heteroatoms. The summed E-state index contributed by atoms with van der Waals surface area (Å²) in [6.45, 7) is 3.06. The molecule has 0 unspecified atom stereocenters. The highest BCUT2D eigenvalue weighted by Gasteiger charge is 2.13. The Morgan fingerprint density at radius 1 is 1.54 bits per heavy atom. The van der Waals surface area contributed by atoms with Crippen LogP contribution >= 0.6 is 0 Å². The molecule has 1 rings (SSSR count). The van der Waals surface area contributed by atoms with Crippen molar-refractivity contribution >= 4 is 5.78 Å². The number of rotatable bonds is 1. The van der Waals surface area contributed by atoms with Gasteiger partial charge < -0.3 is 5.11 Å². The van der Waals surface area contributed by atoms with Crippen molar-refractivity contribution in [3.63, 3.8) is 0 Å². The van der Waals surface area contributed by atoms with E-state index in [-0.39, 0.29) is 22.7 Å². The van der Waals surface area contributed by atoms with Gasteiger partial charge in [0.2, 0.25) is 0 Å². The highest BCUT2D eigenvalue weighted by atomic mass is 16.3.